The Bertz CT molecular complexity index is 928. The second-order valence-electron chi connectivity index (χ2n) is 6.61. The number of amides is 2. The maximum absolute atomic E-state index is 12.7. The molecule has 1 aliphatic rings. The minimum Gasteiger partial charge on any atom is -0.325 e. The first kappa shape index (κ1) is 20.9. The van der Waals surface area contributed by atoms with Gasteiger partial charge in [0.1, 0.15) is 5.25 Å². The van der Waals surface area contributed by atoms with Gasteiger partial charge in [0.25, 0.3) is 0 Å². The van der Waals surface area contributed by atoms with Crippen molar-refractivity contribution in [2.75, 3.05) is 11.9 Å². The first-order valence-electron chi connectivity index (χ1n) is 9.06. The molecule has 0 saturated carbocycles. The highest BCUT2D eigenvalue weighted by Gasteiger charge is 2.35. The molecular formula is C21H22IN3O2S. The van der Waals surface area contributed by atoms with Crippen LogP contribution in [0.5, 0.6) is 0 Å². The average molecular weight is 507 g/mol. The number of carbonyl (C=O) groups excluding carboxylic acids is 2. The van der Waals surface area contributed by atoms with E-state index in [0.29, 0.717) is 11.7 Å². The van der Waals surface area contributed by atoms with Crippen molar-refractivity contribution in [3.63, 3.8) is 0 Å². The van der Waals surface area contributed by atoms with Gasteiger partial charge < -0.3 is 5.32 Å². The maximum atomic E-state index is 12.7. The SMILES string of the molecule is CCN1C(=O)CC(C(=O)Nc2ccc(I)cc2)SC1=Nc1ccc(C)c(C)c1. The van der Waals surface area contributed by atoms with Crippen LogP contribution in [0.25, 0.3) is 0 Å². The Balaban J connectivity index is 1.82. The number of aryl methyl sites for hydroxylation is 2. The molecule has 0 aliphatic carbocycles. The fraction of sp³-hybridized carbons (Fsp3) is 0.286. The number of amidine groups is 1. The molecular weight excluding hydrogens is 485 g/mol. The van der Waals surface area contributed by atoms with Crippen LogP contribution in [0.2, 0.25) is 0 Å². The highest BCUT2D eigenvalue weighted by atomic mass is 127. The standard InChI is InChI=1S/C21H22IN3O2S/c1-4-25-19(26)12-18(20(27)23-16-9-6-15(22)7-10-16)28-21(25)24-17-8-5-13(2)14(3)11-17/h5-11,18H,4,12H2,1-3H3,(H,23,27). The number of hydrogen-bond acceptors (Lipinski definition) is 4. The number of benzene rings is 2. The summed E-state index contributed by atoms with van der Waals surface area (Å²) in [6.07, 6.45) is 0.167. The van der Waals surface area contributed by atoms with Gasteiger partial charge in [0, 0.05) is 22.2 Å². The number of thioether (sulfide) groups is 1. The molecule has 0 spiro atoms. The lowest BCUT2D eigenvalue weighted by atomic mass is 10.1. The van der Waals surface area contributed by atoms with E-state index in [4.69, 9.17) is 0 Å². The first-order chi connectivity index (χ1) is 13.4. The zero-order chi connectivity index (χ0) is 20.3. The smallest absolute Gasteiger partial charge is 0.238 e. The summed E-state index contributed by atoms with van der Waals surface area (Å²) in [4.78, 5) is 31.7. The number of anilines is 1. The maximum Gasteiger partial charge on any atom is 0.238 e. The molecule has 1 fully saturated rings. The average Bonchev–Trinajstić information content (AvgIpc) is 2.66. The van der Waals surface area contributed by atoms with Crippen LogP contribution in [-0.4, -0.2) is 33.7 Å². The van der Waals surface area contributed by atoms with E-state index in [1.165, 1.54) is 17.3 Å². The van der Waals surface area contributed by atoms with Crippen LogP contribution in [0.3, 0.4) is 0 Å². The number of rotatable bonds is 4. The topological polar surface area (TPSA) is 61.8 Å². The predicted octanol–water partition coefficient (Wildman–Crippen LogP) is 4.89. The van der Waals surface area contributed by atoms with Crippen LogP contribution in [0.4, 0.5) is 11.4 Å². The molecule has 1 N–H and O–H groups in total. The minimum atomic E-state index is -0.500. The van der Waals surface area contributed by atoms with Crippen LogP contribution in [0.1, 0.15) is 24.5 Å². The van der Waals surface area contributed by atoms with Crippen molar-refractivity contribution in [2.24, 2.45) is 4.99 Å². The zero-order valence-electron chi connectivity index (χ0n) is 16.0. The van der Waals surface area contributed by atoms with Crippen LogP contribution in [0, 0.1) is 17.4 Å². The van der Waals surface area contributed by atoms with Gasteiger partial charge in [-0.3, -0.25) is 14.5 Å². The summed E-state index contributed by atoms with van der Waals surface area (Å²) in [5, 5.41) is 2.98. The van der Waals surface area contributed by atoms with Crippen molar-refractivity contribution in [1.29, 1.82) is 0 Å². The number of carbonyl (C=O) groups is 2. The van der Waals surface area contributed by atoms with Gasteiger partial charge in [-0.15, -0.1) is 0 Å². The molecule has 28 heavy (non-hydrogen) atoms. The van der Waals surface area contributed by atoms with E-state index in [9.17, 15) is 9.59 Å². The summed E-state index contributed by atoms with van der Waals surface area (Å²) in [5.41, 5.74) is 3.85. The molecule has 1 aliphatic heterocycles. The van der Waals surface area contributed by atoms with E-state index < -0.39 is 5.25 Å². The molecule has 1 unspecified atom stereocenters. The third-order valence-corrected chi connectivity index (χ3v) is 6.48. The molecule has 1 heterocycles. The number of nitrogens with one attached hydrogen (secondary N) is 1. The Kier molecular flexibility index (Phi) is 6.77. The van der Waals surface area contributed by atoms with Gasteiger partial charge in [0.05, 0.1) is 5.69 Å². The summed E-state index contributed by atoms with van der Waals surface area (Å²) >= 11 is 3.56. The Morgan fingerprint density at radius 2 is 1.93 bits per heavy atom. The summed E-state index contributed by atoms with van der Waals surface area (Å²) in [5.74, 6) is -0.255. The van der Waals surface area contributed by atoms with Crippen molar-refractivity contribution in [1.82, 2.24) is 4.90 Å². The molecule has 5 nitrogen and oxygen atoms in total. The molecule has 2 aromatic carbocycles. The Labute approximate surface area is 183 Å². The number of nitrogens with zero attached hydrogens (tertiary/aromatic N) is 2. The summed E-state index contributed by atoms with van der Waals surface area (Å²) in [6, 6.07) is 13.5. The minimum absolute atomic E-state index is 0.0772. The molecule has 2 aromatic rings. The highest BCUT2D eigenvalue weighted by Crippen LogP contribution is 2.30. The fourth-order valence-electron chi connectivity index (χ4n) is 2.81. The van der Waals surface area contributed by atoms with Gasteiger partial charge in [-0.2, -0.15) is 0 Å². The molecule has 146 valence electrons. The monoisotopic (exact) mass is 507 g/mol. The van der Waals surface area contributed by atoms with Gasteiger partial charge in [-0.05, 0) is 90.9 Å². The van der Waals surface area contributed by atoms with Crippen molar-refractivity contribution in [3.8, 4) is 0 Å². The van der Waals surface area contributed by atoms with Gasteiger partial charge in [0.2, 0.25) is 11.8 Å². The lowest BCUT2D eigenvalue weighted by Gasteiger charge is -2.31. The quantitative estimate of drug-likeness (QED) is 0.600. The molecule has 1 saturated heterocycles. The lowest BCUT2D eigenvalue weighted by molar-refractivity contribution is -0.129. The van der Waals surface area contributed by atoms with Gasteiger partial charge >= 0.3 is 0 Å². The molecule has 3 rings (SSSR count). The molecule has 2 amide bonds. The van der Waals surface area contributed by atoms with Crippen molar-refractivity contribution in [3.05, 3.63) is 57.2 Å². The third kappa shape index (κ3) is 4.94. The van der Waals surface area contributed by atoms with Gasteiger partial charge in [-0.25, -0.2) is 4.99 Å². The second-order valence-corrected chi connectivity index (χ2v) is 9.02. The summed E-state index contributed by atoms with van der Waals surface area (Å²) in [6.45, 7) is 6.53. The van der Waals surface area contributed by atoms with Crippen LogP contribution < -0.4 is 5.32 Å². The Morgan fingerprint density at radius 1 is 1.21 bits per heavy atom. The van der Waals surface area contributed by atoms with Crippen molar-refractivity contribution in [2.45, 2.75) is 32.4 Å². The van der Waals surface area contributed by atoms with Crippen LogP contribution in [0.15, 0.2) is 47.5 Å². The number of halogens is 1. The lowest BCUT2D eigenvalue weighted by Crippen LogP contribution is -2.45. The summed E-state index contributed by atoms with van der Waals surface area (Å²) in [7, 11) is 0. The molecule has 0 radical (unpaired) electrons. The van der Waals surface area contributed by atoms with E-state index >= 15 is 0 Å². The molecule has 0 bridgehead atoms. The molecule has 0 aromatic heterocycles. The van der Waals surface area contributed by atoms with Crippen LogP contribution in [-0.2, 0) is 9.59 Å². The molecule has 1 atom stereocenters. The summed E-state index contributed by atoms with van der Waals surface area (Å²) < 4.78 is 1.10. The highest BCUT2D eigenvalue weighted by molar-refractivity contribution is 14.1. The first-order valence-corrected chi connectivity index (χ1v) is 11.0. The predicted molar refractivity (Wildman–Crippen MR) is 124 cm³/mol. The van der Waals surface area contributed by atoms with E-state index in [2.05, 4.69) is 39.8 Å². The van der Waals surface area contributed by atoms with Crippen molar-refractivity contribution >= 4 is 62.7 Å². The van der Waals surface area contributed by atoms with E-state index in [1.54, 1.807) is 4.90 Å². The Hall–Kier alpha value is -1.87. The van der Waals surface area contributed by atoms with Crippen molar-refractivity contribution < 1.29 is 9.59 Å². The number of aliphatic imine (C=N–C) groups is 1. The van der Waals surface area contributed by atoms with E-state index in [0.717, 1.165) is 20.5 Å². The Morgan fingerprint density at radius 3 is 2.57 bits per heavy atom. The molecule has 7 heteroatoms. The van der Waals surface area contributed by atoms with Gasteiger partial charge in [0.15, 0.2) is 5.17 Å². The second kappa shape index (κ2) is 9.09. The normalized spacial score (nSPS) is 18.4. The van der Waals surface area contributed by atoms with Gasteiger partial charge in [-0.1, -0.05) is 17.8 Å². The fourth-order valence-corrected chi connectivity index (χ4v) is 4.34. The van der Waals surface area contributed by atoms with E-state index in [1.807, 2.05) is 56.3 Å². The zero-order valence-corrected chi connectivity index (χ0v) is 19.0. The third-order valence-electron chi connectivity index (χ3n) is 4.58. The van der Waals surface area contributed by atoms with E-state index in [-0.39, 0.29) is 18.2 Å². The largest absolute Gasteiger partial charge is 0.325 e. The van der Waals surface area contributed by atoms with Crippen LogP contribution >= 0.6 is 34.4 Å². The number of hydrogen-bond donors (Lipinski definition) is 1.